The first-order valence-corrected chi connectivity index (χ1v) is 7.26. The molecule has 0 amide bonds. The number of non-ortho nitro benzene ring substituents is 1. The van der Waals surface area contributed by atoms with Gasteiger partial charge in [0.05, 0.1) is 26.8 Å². The van der Waals surface area contributed by atoms with Gasteiger partial charge in [-0.2, -0.15) is 11.3 Å². The van der Waals surface area contributed by atoms with E-state index in [2.05, 4.69) is 5.32 Å². The van der Waals surface area contributed by atoms with Gasteiger partial charge in [0, 0.05) is 18.7 Å². The van der Waals surface area contributed by atoms with E-state index in [1.54, 1.807) is 0 Å². The Morgan fingerprint density at radius 2 is 2.05 bits per heavy atom. The fourth-order valence-electron chi connectivity index (χ4n) is 1.62. The second-order valence-corrected chi connectivity index (χ2v) is 5.59. The Labute approximate surface area is 128 Å². The van der Waals surface area contributed by atoms with E-state index < -0.39 is 11.0 Å². The molecule has 1 unspecified atom stereocenters. The lowest BCUT2D eigenvalue weighted by Crippen LogP contribution is -2.12. The topological polar surface area (TPSA) is 75.4 Å². The van der Waals surface area contributed by atoms with Crippen LogP contribution in [-0.2, 0) is 0 Å². The standard InChI is InChI=1S/C12H10Cl2N2O3S/c13-9-3-8(16(18)19)4-10(14)12(9)15-5-11(17)7-1-2-20-6-7/h1-4,6,11,15,17H,5H2. The lowest BCUT2D eigenvalue weighted by atomic mass is 10.2. The minimum atomic E-state index is -0.705. The Hall–Kier alpha value is -1.34. The molecule has 0 aliphatic carbocycles. The van der Waals surface area contributed by atoms with E-state index in [1.807, 2.05) is 16.8 Å². The van der Waals surface area contributed by atoms with Gasteiger partial charge in [-0.1, -0.05) is 23.2 Å². The van der Waals surface area contributed by atoms with Crippen molar-refractivity contribution in [2.24, 2.45) is 0 Å². The lowest BCUT2D eigenvalue weighted by Gasteiger charge is -2.14. The number of benzene rings is 1. The summed E-state index contributed by atoms with van der Waals surface area (Å²) < 4.78 is 0. The number of nitro benzene ring substituents is 1. The third-order valence-corrected chi connectivity index (χ3v) is 3.94. The number of halogens is 2. The monoisotopic (exact) mass is 332 g/mol. The maximum Gasteiger partial charge on any atom is 0.272 e. The van der Waals surface area contributed by atoms with Crippen LogP contribution < -0.4 is 5.32 Å². The summed E-state index contributed by atoms with van der Waals surface area (Å²) in [6.45, 7) is 0.202. The van der Waals surface area contributed by atoms with E-state index in [9.17, 15) is 15.2 Å². The van der Waals surface area contributed by atoms with Crippen LogP contribution in [0.25, 0.3) is 0 Å². The van der Waals surface area contributed by atoms with Crippen molar-refractivity contribution in [3.05, 3.63) is 54.7 Å². The van der Waals surface area contributed by atoms with Crippen molar-refractivity contribution in [3.63, 3.8) is 0 Å². The summed E-state index contributed by atoms with van der Waals surface area (Å²) in [5.41, 5.74) is 0.980. The molecule has 20 heavy (non-hydrogen) atoms. The van der Waals surface area contributed by atoms with Gasteiger partial charge >= 0.3 is 0 Å². The summed E-state index contributed by atoms with van der Waals surface area (Å²) >= 11 is 13.4. The predicted molar refractivity (Wildman–Crippen MR) is 80.9 cm³/mol. The van der Waals surface area contributed by atoms with E-state index in [-0.39, 0.29) is 22.3 Å². The minimum Gasteiger partial charge on any atom is -0.387 e. The third kappa shape index (κ3) is 3.40. The Balaban J connectivity index is 2.12. The minimum absolute atomic E-state index is 0.140. The fraction of sp³-hybridized carbons (Fsp3) is 0.167. The van der Waals surface area contributed by atoms with Crippen LogP contribution in [-0.4, -0.2) is 16.6 Å². The van der Waals surface area contributed by atoms with Gasteiger partial charge in [-0.05, 0) is 22.4 Å². The summed E-state index contributed by atoms with van der Waals surface area (Å²) in [5.74, 6) is 0. The molecule has 0 bridgehead atoms. The Bertz CT molecular complexity index is 596. The van der Waals surface area contributed by atoms with Gasteiger partial charge in [0.2, 0.25) is 0 Å². The number of hydrogen-bond donors (Lipinski definition) is 2. The zero-order valence-electron chi connectivity index (χ0n) is 10.0. The molecule has 0 fully saturated rings. The van der Waals surface area contributed by atoms with Crippen molar-refractivity contribution >= 4 is 45.9 Å². The number of aliphatic hydroxyl groups is 1. The van der Waals surface area contributed by atoms with Gasteiger partial charge in [0.25, 0.3) is 5.69 Å². The quantitative estimate of drug-likeness (QED) is 0.638. The highest BCUT2D eigenvalue weighted by molar-refractivity contribution is 7.07. The molecule has 5 nitrogen and oxygen atoms in total. The number of nitrogens with one attached hydrogen (secondary N) is 1. The highest BCUT2D eigenvalue weighted by Gasteiger charge is 2.16. The van der Waals surface area contributed by atoms with Crippen molar-refractivity contribution in [1.29, 1.82) is 0 Å². The van der Waals surface area contributed by atoms with E-state index in [0.29, 0.717) is 5.69 Å². The Kier molecular flexibility index (Phi) is 4.82. The van der Waals surface area contributed by atoms with Crippen molar-refractivity contribution < 1.29 is 10.0 Å². The second-order valence-electron chi connectivity index (χ2n) is 3.99. The Morgan fingerprint density at radius 1 is 1.40 bits per heavy atom. The molecule has 8 heteroatoms. The van der Waals surface area contributed by atoms with Crippen molar-refractivity contribution in [2.75, 3.05) is 11.9 Å². The largest absolute Gasteiger partial charge is 0.387 e. The number of nitrogens with zero attached hydrogens (tertiary/aromatic N) is 1. The normalized spacial score (nSPS) is 12.2. The highest BCUT2D eigenvalue weighted by Crippen LogP contribution is 2.35. The summed E-state index contributed by atoms with van der Waals surface area (Å²) in [5, 5.41) is 27.5. The summed E-state index contributed by atoms with van der Waals surface area (Å²) in [6, 6.07) is 4.25. The van der Waals surface area contributed by atoms with Gasteiger partial charge in [-0.3, -0.25) is 10.1 Å². The molecule has 0 aliphatic rings. The maximum atomic E-state index is 10.7. The van der Waals surface area contributed by atoms with Crippen LogP contribution in [0.4, 0.5) is 11.4 Å². The first-order valence-electron chi connectivity index (χ1n) is 5.56. The first-order chi connectivity index (χ1) is 9.49. The molecular weight excluding hydrogens is 323 g/mol. The molecule has 0 saturated carbocycles. The average molecular weight is 333 g/mol. The van der Waals surface area contributed by atoms with Crippen molar-refractivity contribution in [2.45, 2.75) is 6.10 Å². The molecule has 0 radical (unpaired) electrons. The van der Waals surface area contributed by atoms with Gasteiger partial charge in [0.1, 0.15) is 0 Å². The Morgan fingerprint density at radius 3 is 2.55 bits per heavy atom. The first kappa shape index (κ1) is 15.1. The number of rotatable bonds is 5. The molecule has 0 saturated heterocycles. The molecule has 1 atom stereocenters. The number of anilines is 1. The predicted octanol–water partition coefficient (Wildman–Crippen LogP) is 4.11. The van der Waals surface area contributed by atoms with E-state index in [0.717, 1.165) is 5.56 Å². The lowest BCUT2D eigenvalue weighted by molar-refractivity contribution is -0.384. The number of thiophene rings is 1. The van der Waals surface area contributed by atoms with Crippen LogP contribution in [0.15, 0.2) is 29.0 Å². The highest BCUT2D eigenvalue weighted by atomic mass is 35.5. The van der Waals surface area contributed by atoms with Gasteiger partial charge in [-0.15, -0.1) is 0 Å². The van der Waals surface area contributed by atoms with E-state index in [4.69, 9.17) is 23.2 Å². The summed E-state index contributed by atoms with van der Waals surface area (Å²) in [6.07, 6.45) is -0.705. The van der Waals surface area contributed by atoms with Crippen LogP contribution in [0.1, 0.15) is 11.7 Å². The van der Waals surface area contributed by atoms with E-state index >= 15 is 0 Å². The summed E-state index contributed by atoms with van der Waals surface area (Å²) in [4.78, 5) is 10.1. The molecule has 0 aliphatic heterocycles. The number of nitro groups is 1. The molecular formula is C12H10Cl2N2O3S. The zero-order chi connectivity index (χ0) is 14.7. The van der Waals surface area contributed by atoms with Crippen LogP contribution in [0.3, 0.4) is 0 Å². The zero-order valence-corrected chi connectivity index (χ0v) is 12.4. The second kappa shape index (κ2) is 6.41. The average Bonchev–Trinajstić information content (AvgIpc) is 2.91. The molecule has 1 aromatic heterocycles. The molecule has 2 rings (SSSR count). The maximum absolute atomic E-state index is 10.7. The third-order valence-electron chi connectivity index (χ3n) is 2.64. The molecule has 2 N–H and O–H groups in total. The molecule has 2 aromatic rings. The molecule has 106 valence electrons. The van der Waals surface area contributed by atoms with Crippen molar-refractivity contribution in [1.82, 2.24) is 0 Å². The van der Waals surface area contributed by atoms with Crippen LogP contribution >= 0.6 is 34.5 Å². The van der Waals surface area contributed by atoms with Crippen LogP contribution in [0.5, 0.6) is 0 Å². The number of aliphatic hydroxyl groups excluding tert-OH is 1. The van der Waals surface area contributed by atoms with Gasteiger partial charge in [-0.25, -0.2) is 0 Å². The molecule has 1 heterocycles. The molecule has 1 aromatic carbocycles. The molecule has 0 spiro atoms. The fourth-order valence-corrected chi connectivity index (χ4v) is 2.93. The smallest absolute Gasteiger partial charge is 0.272 e. The number of hydrogen-bond acceptors (Lipinski definition) is 5. The van der Waals surface area contributed by atoms with Gasteiger partial charge in [0.15, 0.2) is 0 Å². The van der Waals surface area contributed by atoms with Crippen LogP contribution in [0, 0.1) is 10.1 Å². The van der Waals surface area contributed by atoms with Crippen molar-refractivity contribution in [3.8, 4) is 0 Å². The van der Waals surface area contributed by atoms with E-state index in [1.165, 1.54) is 23.5 Å². The van der Waals surface area contributed by atoms with Crippen LogP contribution in [0.2, 0.25) is 10.0 Å². The SMILES string of the molecule is O=[N+]([O-])c1cc(Cl)c(NCC(O)c2ccsc2)c(Cl)c1. The van der Waals surface area contributed by atoms with Gasteiger partial charge < -0.3 is 10.4 Å². The summed E-state index contributed by atoms with van der Waals surface area (Å²) in [7, 11) is 0.